The van der Waals surface area contributed by atoms with E-state index in [2.05, 4.69) is 0 Å². The van der Waals surface area contributed by atoms with E-state index in [1.165, 1.54) is 0 Å². The molecule has 1 saturated heterocycles. The second-order valence-corrected chi connectivity index (χ2v) is 3.29. The number of ether oxygens (including phenoxy) is 2. The van der Waals surface area contributed by atoms with Gasteiger partial charge in [0.15, 0.2) is 6.29 Å². The van der Waals surface area contributed by atoms with Crippen molar-refractivity contribution in [1.82, 2.24) is 0 Å². The fraction of sp³-hybridized carbons (Fsp3) is 1.00. The molecular weight excluding hydrogens is 144 g/mol. The molecule has 0 aromatic carbocycles. The summed E-state index contributed by atoms with van der Waals surface area (Å²) < 4.78 is 10.3. The van der Waals surface area contributed by atoms with Crippen LogP contribution < -0.4 is 0 Å². The number of hydrogen-bond donors (Lipinski definition) is 1. The Morgan fingerprint density at radius 3 is 2.73 bits per heavy atom. The average molecular weight is 158 g/mol. The van der Waals surface area contributed by atoms with E-state index in [1.54, 1.807) is 0 Å². The van der Waals surface area contributed by atoms with Crippen LogP contribution in [0.2, 0.25) is 0 Å². The molecule has 2 fully saturated rings. The first-order valence-corrected chi connectivity index (χ1v) is 4.26. The Morgan fingerprint density at radius 2 is 2.18 bits per heavy atom. The first-order chi connectivity index (χ1) is 5.31. The molecule has 3 unspecified atom stereocenters. The van der Waals surface area contributed by atoms with Crippen molar-refractivity contribution in [3.63, 3.8) is 0 Å². The number of aliphatic hydroxyl groups excluding tert-OH is 1. The van der Waals surface area contributed by atoms with Crippen molar-refractivity contribution in [2.45, 2.75) is 38.3 Å². The summed E-state index contributed by atoms with van der Waals surface area (Å²) in [6, 6.07) is 0. The van der Waals surface area contributed by atoms with Gasteiger partial charge in [0.1, 0.15) is 0 Å². The molecule has 1 aliphatic carbocycles. The van der Waals surface area contributed by atoms with Crippen LogP contribution in [0.4, 0.5) is 0 Å². The van der Waals surface area contributed by atoms with Crippen LogP contribution in [0.15, 0.2) is 0 Å². The van der Waals surface area contributed by atoms with E-state index in [1.807, 2.05) is 6.92 Å². The lowest BCUT2D eigenvalue weighted by Gasteiger charge is -2.18. The van der Waals surface area contributed by atoms with Crippen LogP contribution in [-0.2, 0) is 9.47 Å². The van der Waals surface area contributed by atoms with Gasteiger partial charge in [-0.05, 0) is 19.8 Å². The van der Waals surface area contributed by atoms with Gasteiger partial charge in [-0.15, -0.1) is 0 Å². The molecule has 0 aromatic heterocycles. The molecule has 2 rings (SSSR count). The molecular formula is C8H14O3. The van der Waals surface area contributed by atoms with E-state index < -0.39 is 6.29 Å². The maximum Gasteiger partial charge on any atom is 0.157 e. The SMILES string of the molecule is CCOC(O)C1CC2OC2C1. The Morgan fingerprint density at radius 1 is 1.55 bits per heavy atom. The molecule has 3 nitrogen and oxygen atoms in total. The predicted octanol–water partition coefficient (Wildman–Crippen LogP) is 0.519. The fourth-order valence-corrected chi connectivity index (χ4v) is 1.83. The van der Waals surface area contributed by atoms with E-state index in [4.69, 9.17) is 9.47 Å². The Balaban J connectivity index is 1.77. The molecule has 2 aliphatic rings. The van der Waals surface area contributed by atoms with Crippen LogP contribution in [0.25, 0.3) is 0 Å². The summed E-state index contributed by atoms with van der Waals surface area (Å²) >= 11 is 0. The molecule has 11 heavy (non-hydrogen) atoms. The summed E-state index contributed by atoms with van der Waals surface area (Å²) in [5, 5.41) is 9.41. The van der Waals surface area contributed by atoms with Crippen LogP contribution in [0.3, 0.4) is 0 Å². The van der Waals surface area contributed by atoms with E-state index in [-0.39, 0.29) is 0 Å². The Labute approximate surface area is 66.3 Å². The first kappa shape index (κ1) is 7.53. The molecule has 1 saturated carbocycles. The zero-order chi connectivity index (χ0) is 7.84. The van der Waals surface area contributed by atoms with Crippen molar-refractivity contribution in [3.05, 3.63) is 0 Å². The Kier molecular flexibility index (Phi) is 1.87. The number of aliphatic hydroxyl groups is 1. The highest BCUT2D eigenvalue weighted by atomic mass is 16.6. The van der Waals surface area contributed by atoms with Gasteiger partial charge in [-0.1, -0.05) is 0 Å². The Bertz CT molecular complexity index is 138. The maximum absolute atomic E-state index is 9.41. The van der Waals surface area contributed by atoms with Crippen molar-refractivity contribution >= 4 is 0 Å². The van der Waals surface area contributed by atoms with E-state index in [9.17, 15) is 5.11 Å². The lowest BCUT2D eigenvalue weighted by Crippen LogP contribution is -2.23. The van der Waals surface area contributed by atoms with E-state index in [0.29, 0.717) is 24.7 Å². The van der Waals surface area contributed by atoms with Crippen LogP contribution >= 0.6 is 0 Å². The second kappa shape index (κ2) is 2.73. The summed E-state index contributed by atoms with van der Waals surface area (Å²) in [6.45, 7) is 2.49. The molecule has 0 bridgehead atoms. The summed E-state index contributed by atoms with van der Waals surface area (Å²) in [6.07, 6.45) is 2.28. The largest absolute Gasteiger partial charge is 0.370 e. The van der Waals surface area contributed by atoms with Gasteiger partial charge >= 0.3 is 0 Å². The average Bonchev–Trinajstić information content (AvgIpc) is 2.59. The third kappa shape index (κ3) is 1.41. The summed E-state index contributed by atoms with van der Waals surface area (Å²) in [7, 11) is 0. The standard InChI is InChI=1S/C8H14O3/c1-2-10-8(9)5-3-6-7(4-5)11-6/h5-9H,2-4H2,1H3. The van der Waals surface area contributed by atoms with E-state index in [0.717, 1.165) is 12.8 Å². The van der Waals surface area contributed by atoms with Crippen molar-refractivity contribution < 1.29 is 14.6 Å². The van der Waals surface area contributed by atoms with Crippen molar-refractivity contribution in [3.8, 4) is 0 Å². The third-order valence-corrected chi connectivity index (χ3v) is 2.50. The highest BCUT2D eigenvalue weighted by Gasteiger charge is 2.49. The lowest BCUT2D eigenvalue weighted by atomic mass is 10.1. The predicted molar refractivity (Wildman–Crippen MR) is 39.0 cm³/mol. The van der Waals surface area contributed by atoms with Gasteiger partial charge in [-0.25, -0.2) is 0 Å². The maximum atomic E-state index is 9.41. The second-order valence-electron chi connectivity index (χ2n) is 3.29. The zero-order valence-electron chi connectivity index (χ0n) is 6.69. The Hall–Kier alpha value is -0.120. The smallest absolute Gasteiger partial charge is 0.157 e. The molecule has 1 N–H and O–H groups in total. The van der Waals surface area contributed by atoms with E-state index >= 15 is 0 Å². The molecule has 0 radical (unpaired) electrons. The zero-order valence-corrected chi connectivity index (χ0v) is 6.69. The van der Waals surface area contributed by atoms with Crippen molar-refractivity contribution in [2.75, 3.05) is 6.61 Å². The van der Waals surface area contributed by atoms with Gasteiger partial charge in [0.05, 0.1) is 12.2 Å². The van der Waals surface area contributed by atoms with Crippen molar-refractivity contribution in [2.24, 2.45) is 5.92 Å². The minimum Gasteiger partial charge on any atom is -0.370 e. The lowest BCUT2D eigenvalue weighted by molar-refractivity contribution is -0.134. The van der Waals surface area contributed by atoms with Gasteiger partial charge in [-0.3, -0.25) is 0 Å². The number of fused-ring (bicyclic) bond motifs is 1. The fourth-order valence-electron chi connectivity index (χ4n) is 1.83. The number of rotatable bonds is 3. The van der Waals surface area contributed by atoms with Gasteiger partial charge in [0.2, 0.25) is 0 Å². The van der Waals surface area contributed by atoms with Crippen LogP contribution in [-0.4, -0.2) is 30.2 Å². The number of epoxide rings is 1. The number of hydrogen-bond acceptors (Lipinski definition) is 3. The normalized spacial score (nSPS) is 43.6. The molecule has 1 heterocycles. The molecule has 0 spiro atoms. The quantitative estimate of drug-likeness (QED) is 0.481. The molecule has 3 heteroatoms. The molecule has 0 aromatic rings. The minimum atomic E-state index is -0.559. The van der Waals surface area contributed by atoms with Crippen LogP contribution in [0.5, 0.6) is 0 Å². The third-order valence-electron chi connectivity index (χ3n) is 2.50. The molecule has 0 amide bonds. The molecule has 3 atom stereocenters. The monoisotopic (exact) mass is 158 g/mol. The van der Waals surface area contributed by atoms with Crippen LogP contribution in [0, 0.1) is 5.92 Å². The summed E-state index contributed by atoms with van der Waals surface area (Å²) in [5.74, 6) is 0.318. The summed E-state index contributed by atoms with van der Waals surface area (Å²) in [5.41, 5.74) is 0. The van der Waals surface area contributed by atoms with Gasteiger partial charge < -0.3 is 14.6 Å². The molecule has 1 aliphatic heterocycles. The van der Waals surface area contributed by atoms with Gasteiger partial charge in [0.25, 0.3) is 0 Å². The van der Waals surface area contributed by atoms with Crippen LogP contribution in [0.1, 0.15) is 19.8 Å². The van der Waals surface area contributed by atoms with Gasteiger partial charge in [0, 0.05) is 12.5 Å². The van der Waals surface area contributed by atoms with Gasteiger partial charge in [-0.2, -0.15) is 0 Å². The minimum absolute atomic E-state index is 0.318. The summed E-state index contributed by atoms with van der Waals surface area (Å²) in [4.78, 5) is 0. The molecule has 64 valence electrons. The first-order valence-electron chi connectivity index (χ1n) is 4.26. The topological polar surface area (TPSA) is 42.0 Å². The highest BCUT2D eigenvalue weighted by Crippen LogP contribution is 2.43. The van der Waals surface area contributed by atoms with Crippen molar-refractivity contribution in [1.29, 1.82) is 0 Å². The highest BCUT2D eigenvalue weighted by molar-refractivity contribution is 4.96.